The van der Waals surface area contributed by atoms with Gasteiger partial charge in [0.15, 0.2) is 33.4 Å². The lowest BCUT2D eigenvalue weighted by Gasteiger charge is -2.46. The highest BCUT2D eigenvalue weighted by atomic mass is 32.2. The van der Waals surface area contributed by atoms with Crippen LogP contribution in [-0.2, 0) is 22.5 Å². The number of hydrogen-bond donors (Lipinski definition) is 1. The molecule has 0 saturated heterocycles. The van der Waals surface area contributed by atoms with Gasteiger partial charge in [-0.05, 0) is 122 Å². The highest BCUT2D eigenvalue weighted by molar-refractivity contribution is 8.13. The van der Waals surface area contributed by atoms with Crippen molar-refractivity contribution in [1.82, 2.24) is 14.7 Å². The summed E-state index contributed by atoms with van der Waals surface area (Å²) in [6.45, 7) is 53.3. The first-order valence-electron chi connectivity index (χ1n) is 19.6. The second-order valence-corrected chi connectivity index (χ2v) is 37.2. The van der Waals surface area contributed by atoms with Crippen LogP contribution in [0.2, 0.25) is 54.4 Å². The third-order valence-corrected chi connectivity index (χ3v) is 28.3. The molecule has 0 rings (SSSR count). The second-order valence-electron chi connectivity index (χ2n) is 20.2. The molecular weight excluding hydrogens is 742 g/mol. The molecule has 0 aliphatic carbocycles. The van der Waals surface area contributed by atoms with Crippen LogP contribution in [0.5, 0.6) is 0 Å². The maximum absolute atomic E-state index is 13.8. The minimum Gasteiger partial charge on any atom is -0.414 e. The molecule has 312 valence electrons. The quantitative estimate of drug-likeness (QED) is 0.0496. The molecule has 0 bridgehead atoms. The molecule has 0 heterocycles. The Bertz CT molecular complexity index is 950. The summed E-state index contributed by atoms with van der Waals surface area (Å²) in [5.41, 5.74) is -0.863. The monoisotopic (exact) mass is 828 g/mol. The summed E-state index contributed by atoms with van der Waals surface area (Å²) in [6, 6.07) is 1.36. The van der Waals surface area contributed by atoms with E-state index in [9.17, 15) is 4.79 Å². The zero-order valence-corrected chi connectivity index (χ0v) is 43.0. The van der Waals surface area contributed by atoms with Crippen LogP contribution in [-0.4, -0.2) is 108 Å². The zero-order valence-electron chi connectivity index (χ0n) is 38.3. The number of nitrogens with zero attached hydrogens (tertiary/aromatic N) is 2. The van der Waals surface area contributed by atoms with Crippen molar-refractivity contribution in [3.63, 3.8) is 0 Å². The first kappa shape index (κ1) is 52.6. The third kappa shape index (κ3) is 16.6. The van der Waals surface area contributed by atoms with Gasteiger partial charge in [-0.3, -0.25) is 4.79 Å². The van der Waals surface area contributed by atoms with Crippen molar-refractivity contribution in [3.8, 4) is 0 Å². The Hall–Kier alpha value is 0.621. The first-order chi connectivity index (χ1) is 23.1. The predicted octanol–water partition coefficient (Wildman–Crippen LogP) is 11.7. The van der Waals surface area contributed by atoms with Gasteiger partial charge < -0.3 is 27.9 Å². The number of rotatable bonds is 22. The minimum absolute atomic E-state index is 0.0110. The van der Waals surface area contributed by atoms with Crippen molar-refractivity contribution >= 4 is 50.4 Å². The predicted molar refractivity (Wildman–Crippen MR) is 236 cm³/mol. The minimum atomic E-state index is -2.17. The van der Waals surface area contributed by atoms with E-state index in [0.717, 1.165) is 11.8 Å². The van der Waals surface area contributed by atoms with Crippen molar-refractivity contribution in [2.45, 2.75) is 202 Å². The molecule has 52 heavy (non-hydrogen) atoms. The topological polar surface area (TPSA) is 81.7 Å². The molecule has 1 N–H and O–H groups in total. The molecule has 0 aromatic heterocycles. The van der Waals surface area contributed by atoms with Crippen LogP contribution >= 0.6 is 20.2 Å². The summed E-state index contributed by atoms with van der Waals surface area (Å²) in [6.07, 6.45) is 0. The largest absolute Gasteiger partial charge is 0.414 e. The smallest absolute Gasteiger partial charge is 0.281 e. The molecule has 0 aliphatic heterocycles. The van der Waals surface area contributed by atoms with Crippen LogP contribution < -0.4 is 5.32 Å². The molecule has 0 saturated carbocycles. The van der Waals surface area contributed by atoms with Crippen LogP contribution in [0.15, 0.2) is 0 Å². The number of carbonyl (C=O) groups excluding carboxylic acids is 1. The molecule has 0 aromatic carbocycles. The van der Waals surface area contributed by atoms with Crippen LogP contribution in [0, 0.1) is 0 Å². The van der Waals surface area contributed by atoms with Crippen LogP contribution in [0.25, 0.3) is 0 Å². The molecule has 14 heteroatoms. The fourth-order valence-electron chi connectivity index (χ4n) is 4.66. The van der Waals surface area contributed by atoms with E-state index >= 15 is 0 Å². The molecule has 9 nitrogen and oxygen atoms in total. The summed E-state index contributed by atoms with van der Waals surface area (Å²) in [4.78, 5) is 13.8. The van der Waals surface area contributed by atoms with Gasteiger partial charge in [-0.1, -0.05) is 62.3 Å². The summed E-state index contributed by atoms with van der Waals surface area (Å²) < 4.78 is 38.2. The number of nitrogens with one attached hydrogen (secondary N) is 1. The SMILES string of the molecule is CC(C)N(C(C)C)P(OCCOCSC(=O)NC(CO[Si](C)(C)C(C)(C)C)(CO[Si](C)(C)C(C)(C)C)CO[Si](C)(C)C(C)(C)C)N(C(C)C)C(C)C. The maximum atomic E-state index is 13.8. The van der Waals surface area contributed by atoms with Crippen molar-refractivity contribution < 1.29 is 27.3 Å². The average molecular weight is 828 g/mol. The van der Waals surface area contributed by atoms with Crippen LogP contribution in [0.4, 0.5) is 4.79 Å². The van der Waals surface area contributed by atoms with Crippen molar-refractivity contribution in [1.29, 1.82) is 0 Å². The van der Waals surface area contributed by atoms with Gasteiger partial charge in [0.05, 0.1) is 33.0 Å². The van der Waals surface area contributed by atoms with E-state index in [1.807, 2.05) is 0 Å². The molecule has 0 unspecified atom stereocenters. The van der Waals surface area contributed by atoms with Crippen LogP contribution in [0.3, 0.4) is 0 Å². The van der Waals surface area contributed by atoms with E-state index in [1.165, 1.54) is 0 Å². The highest BCUT2D eigenvalue weighted by Crippen LogP contribution is 2.50. The van der Waals surface area contributed by atoms with Gasteiger partial charge in [0.25, 0.3) is 5.24 Å². The van der Waals surface area contributed by atoms with Gasteiger partial charge >= 0.3 is 0 Å². The fraction of sp³-hybridized carbons (Fsp3) is 0.974. The lowest BCUT2D eigenvalue weighted by Crippen LogP contribution is -2.63. The first-order valence-corrected chi connectivity index (χ1v) is 30.5. The van der Waals surface area contributed by atoms with Gasteiger partial charge in [0, 0.05) is 24.2 Å². The molecule has 1 amide bonds. The number of thioether (sulfide) groups is 1. The van der Waals surface area contributed by atoms with Crippen LogP contribution in [0.1, 0.15) is 118 Å². The lowest BCUT2D eigenvalue weighted by atomic mass is 10.0. The zero-order chi connectivity index (χ0) is 41.3. The summed E-state index contributed by atoms with van der Waals surface area (Å²) in [7, 11) is -7.52. The van der Waals surface area contributed by atoms with Gasteiger partial charge in [-0.15, -0.1) is 0 Å². The van der Waals surface area contributed by atoms with Gasteiger partial charge in [0.1, 0.15) is 11.5 Å². The normalized spacial score (nSPS) is 14.7. The Morgan fingerprint density at radius 3 is 1.17 bits per heavy atom. The standard InChI is InChI=1S/C38H86N3O6PSSi3/c1-30(2)40(31(3)4)48(41(32(5)6)33(7)8)44-25-24-43-29-49-34(42)39-38(26-45-50(18,19)35(9,10)11,27-46-51(20,21)36(12,13)14)28-47-52(22,23)37(15,16)17/h30-33H,24-29H2,1-23H3,(H,39,42). The molecule has 0 aromatic rings. The average Bonchev–Trinajstić information content (AvgIpc) is 2.93. The number of amides is 1. The molecule has 0 aliphatic rings. The van der Waals surface area contributed by atoms with E-state index < -0.39 is 38.9 Å². The number of ether oxygens (including phenoxy) is 1. The number of hydrogen-bond acceptors (Lipinski definition) is 9. The van der Waals surface area contributed by atoms with Gasteiger partial charge in [0.2, 0.25) is 0 Å². The molecule has 0 radical (unpaired) electrons. The Balaban J connectivity index is 6.16. The van der Waals surface area contributed by atoms with E-state index in [4.69, 9.17) is 22.5 Å². The summed E-state index contributed by atoms with van der Waals surface area (Å²) in [5, 5.41) is 3.25. The Morgan fingerprint density at radius 1 is 0.596 bits per heavy atom. The van der Waals surface area contributed by atoms with Crippen molar-refractivity contribution in [3.05, 3.63) is 0 Å². The van der Waals surface area contributed by atoms with Crippen molar-refractivity contribution in [2.75, 3.05) is 39.0 Å². The second kappa shape index (κ2) is 20.9. The van der Waals surface area contributed by atoms with E-state index in [1.54, 1.807) is 0 Å². The lowest BCUT2D eigenvalue weighted by molar-refractivity contribution is 0.0630. The van der Waals surface area contributed by atoms with E-state index in [-0.39, 0.29) is 26.3 Å². The molecular formula is C38H86N3O6PSSi3. The van der Waals surface area contributed by atoms with E-state index in [2.05, 4.69) is 172 Å². The van der Waals surface area contributed by atoms with Crippen molar-refractivity contribution in [2.24, 2.45) is 0 Å². The maximum Gasteiger partial charge on any atom is 0.281 e. The fourth-order valence-corrected chi connectivity index (χ4v) is 10.8. The van der Waals surface area contributed by atoms with Gasteiger partial charge in [-0.2, -0.15) is 0 Å². The number of carbonyl (C=O) groups is 1. The molecule has 0 spiro atoms. The van der Waals surface area contributed by atoms with Gasteiger partial charge in [-0.25, -0.2) is 9.34 Å². The molecule has 0 fully saturated rings. The van der Waals surface area contributed by atoms with E-state index in [0.29, 0.717) is 57.2 Å². The highest BCUT2D eigenvalue weighted by Gasteiger charge is 2.47. The Labute approximate surface area is 331 Å². The Morgan fingerprint density at radius 2 is 0.904 bits per heavy atom. The molecule has 0 atom stereocenters. The summed E-state index contributed by atoms with van der Waals surface area (Å²) in [5.74, 6) is 0.217. The summed E-state index contributed by atoms with van der Waals surface area (Å²) >= 11 is 1.14. The Kier molecular flexibility index (Phi) is 21.1. The third-order valence-electron chi connectivity index (χ3n) is 11.1.